The summed E-state index contributed by atoms with van der Waals surface area (Å²) in [6.07, 6.45) is 2.15. The van der Waals surface area contributed by atoms with Crippen LogP contribution >= 0.6 is 0 Å². The molecule has 2 aromatic heterocycles. The number of hydrogen-bond donors (Lipinski definition) is 2. The molecule has 0 aliphatic heterocycles. The highest BCUT2D eigenvalue weighted by molar-refractivity contribution is 5.68. The van der Waals surface area contributed by atoms with Crippen LogP contribution in [0.4, 0.5) is 16.4 Å². The van der Waals surface area contributed by atoms with Gasteiger partial charge in [-0.1, -0.05) is 0 Å². The van der Waals surface area contributed by atoms with E-state index in [0.717, 1.165) is 25.0 Å². The van der Waals surface area contributed by atoms with Crippen molar-refractivity contribution >= 4 is 17.7 Å². The molecule has 1 aliphatic rings. The number of amides is 1. The van der Waals surface area contributed by atoms with Crippen molar-refractivity contribution < 1.29 is 9.53 Å². The molecule has 0 bridgehead atoms. The Labute approximate surface area is 164 Å². The van der Waals surface area contributed by atoms with Crippen LogP contribution in [0, 0.1) is 0 Å². The van der Waals surface area contributed by atoms with E-state index in [1.165, 1.54) is 10.7 Å². The average molecular weight is 388 g/mol. The number of carbonyl (C=O) groups is 1. The first-order valence-corrected chi connectivity index (χ1v) is 9.44. The molecule has 3 rings (SSSR count). The van der Waals surface area contributed by atoms with E-state index in [0.29, 0.717) is 11.6 Å². The Morgan fingerprint density at radius 3 is 2.75 bits per heavy atom. The molecule has 9 heteroatoms. The van der Waals surface area contributed by atoms with Crippen LogP contribution in [0.1, 0.15) is 51.6 Å². The van der Waals surface area contributed by atoms with Gasteiger partial charge < -0.3 is 15.0 Å². The summed E-state index contributed by atoms with van der Waals surface area (Å²) in [7, 11) is 3.36. The molecule has 0 aromatic carbocycles. The lowest BCUT2D eigenvalue weighted by molar-refractivity contribution is 0.0492. The van der Waals surface area contributed by atoms with Crippen LogP contribution in [0.5, 0.6) is 0 Å². The largest absolute Gasteiger partial charge is 0.446 e. The van der Waals surface area contributed by atoms with Crippen molar-refractivity contribution in [2.75, 3.05) is 12.4 Å². The monoisotopic (exact) mass is 388 g/mol. The second-order valence-corrected chi connectivity index (χ2v) is 8.26. The van der Waals surface area contributed by atoms with Gasteiger partial charge in [-0.05, 0) is 46.1 Å². The predicted molar refractivity (Wildman–Crippen MR) is 106 cm³/mol. The van der Waals surface area contributed by atoms with Crippen LogP contribution in [0.25, 0.3) is 0 Å². The Balaban J connectivity index is 1.58. The van der Waals surface area contributed by atoms with Crippen LogP contribution in [0.15, 0.2) is 23.0 Å². The summed E-state index contributed by atoms with van der Waals surface area (Å²) in [5.74, 6) is 1.44. The molecule has 0 spiro atoms. The Kier molecular flexibility index (Phi) is 5.44. The summed E-state index contributed by atoms with van der Waals surface area (Å²) in [6, 6.07) is 5.00. The van der Waals surface area contributed by atoms with E-state index >= 15 is 0 Å². The smallest absolute Gasteiger partial charge is 0.410 e. The van der Waals surface area contributed by atoms with Crippen molar-refractivity contribution in [1.82, 2.24) is 24.9 Å². The lowest BCUT2D eigenvalue weighted by atomic mass is 10.0. The lowest BCUT2D eigenvalue weighted by Crippen LogP contribution is -2.43. The molecule has 1 fully saturated rings. The lowest BCUT2D eigenvalue weighted by Gasteiger charge is -2.32. The fraction of sp³-hybridized carbons (Fsp3) is 0.579. The number of H-pyrrole nitrogens is 1. The molecule has 0 radical (unpaired) electrons. The first kappa shape index (κ1) is 19.9. The van der Waals surface area contributed by atoms with Crippen molar-refractivity contribution in [3.8, 4) is 0 Å². The number of carbonyl (C=O) groups excluding carboxylic acids is 1. The molecule has 9 nitrogen and oxygen atoms in total. The Hall–Kier alpha value is -2.84. The molecule has 0 saturated heterocycles. The van der Waals surface area contributed by atoms with Crippen LogP contribution in [-0.2, 0) is 11.8 Å². The summed E-state index contributed by atoms with van der Waals surface area (Å²) < 4.78 is 6.94. The van der Waals surface area contributed by atoms with Gasteiger partial charge in [0.25, 0.3) is 5.56 Å². The summed E-state index contributed by atoms with van der Waals surface area (Å²) in [5, 5.41) is 14.5. The van der Waals surface area contributed by atoms with E-state index in [1.807, 2.05) is 26.8 Å². The molecular formula is C19H28N6O3. The fourth-order valence-corrected chi connectivity index (χ4v) is 3.14. The molecule has 0 unspecified atom stereocenters. The highest BCUT2D eigenvalue weighted by atomic mass is 16.6. The molecular weight excluding hydrogens is 360 g/mol. The van der Waals surface area contributed by atoms with Gasteiger partial charge in [0, 0.05) is 43.4 Å². The van der Waals surface area contributed by atoms with Crippen molar-refractivity contribution in [3.63, 3.8) is 0 Å². The van der Waals surface area contributed by atoms with Crippen molar-refractivity contribution in [1.29, 1.82) is 0 Å². The zero-order valence-corrected chi connectivity index (χ0v) is 17.0. The predicted octanol–water partition coefficient (Wildman–Crippen LogP) is 2.75. The number of ether oxygens (including phenoxy) is 1. The highest BCUT2D eigenvalue weighted by Gasteiger charge is 2.32. The van der Waals surface area contributed by atoms with E-state index in [2.05, 4.69) is 20.6 Å². The third-order valence-corrected chi connectivity index (χ3v) is 5.19. The minimum atomic E-state index is -0.286. The van der Waals surface area contributed by atoms with Gasteiger partial charge in [-0.2, -0.15) is 10.2 Å². The molecule has 28 heavy (non-hydrogen) atoms. The number of anilines is 2. The van der Waals surface area contributed by atoms with Crippen molar-refractivity contribution in [2.24, 2.45) is 7.05 Å². The second-order valence-electron chi connectivity index (χ2n) is 8.26. The maximum atomic E-state index is 12.3. The molecule has 2 N–H and O–H groups in total. The maximum absolute atomic E-state index is 12.3. The van der Waals surface area contributed by atoms with Gasteiger partial charge in [0.1, 0.15) is 6.10 Å². The normalized spacial score (nSPS) is 19.5. The Morgan fingerprint density at radius 2 is 2.07 bits per heavy atom. The number of nitrogens with zero attached hydrogens (tertiary/aromatic N) is 4. The third kappa shape index (κ3) is 4.52. The van der Waals surface area contributed by atoms with Gasteiger partial charge in [-0.3, -0.25) is 9.89 Å². The zero-order valence-electron chi connectivity index (χ0n) is 17.0. The molecule has 2 aromatic rings. The minimum absolute atomic E-state index is 0.0904. The van der Waals surface area contributed by atoms with Crippen LogP contribution in [0.2, 0.25) is 0 Å². The Bertz CT molecular complexity index is 898. The SMILES string of the molecule is CN(C(=O)O[C@@H]1CC[C@H](c2cc(Nc3ccc(=O)n(C)n3)n[nH]2)C1)C(C)(C)C. The average Bonchev–Trinajstić information content (AvgIpc) is 3.26. The summed E-state index contributed by atoms with van der Waals surface area (Å²) in [6.45, 7) is 5.93. The number of nitrogens with one attached hydrogen (secondary N) is 2. The Morgan fingerprint density at radius 1 is 1.32 bits per heavy atom. The summed E-state index contributed by atoms with van der Waals surface area (Å²) in [5.41, 5.74) is 0.556. The molecule has 152 valence electrons. The summed E-state index contributed by atoms with van der Waals surface area (Å²) >= 11 is 0. The molecule has 2 atom stereocenters. The van der Waals surface area contributed by atoms with Gasteiger partial charge >= 0.3 is 6.09 Å². The van der Waals surface area contributed by atoms with Gasteiger partial charge in [-0.25, -0.2) is 9.48 Å². The van der Waals surface area contributed by atoms with Gasteiger partial charge in [0.05, 0.1) is 0 Å². The molecule has 1 saturated carbocycles. The first-order valence-electron chi connectivity index (χ1n) is 9.44. The summed E-state index contributed by atoms with van der Waals surface area (Å²) in [4.78, 5) is 25.3. The van der Waals surface area contributed by atoms with E-state index in [-0.39, 0.29) is 29.2 Å². The number of aromatic nitrogens is 4. The fourth-order valence-electron chi connectivity index (χ4n) is 3.14. The number of aromatic amines is 1. The first-order chi connectivity index (χ1) is 13.1. The van der Waals surface area contributed by atoms with Crippen LogP contribution in [0.3, 0.4) is 0 Å². The van der Waals surface area contributed by atoms with Gasteiger partial charge in [-0.15, -0.1) is 0 Å². The molecule has 2 heterocycles. The number of hydrogen-bond acceptors (Lipinski definition) is 6. The highest BCUT2D eigenvalue weighted by Crippen LogP contribution is 2.36. The second kappa shape index (κ2) is 7.65. The molecule has 1 amide bonds. The van der Waals surface area contributed by atoms with Crippen LogP contribution in [-0.4, -0.2) is 49.7 Å². The third-order valence-electron chi connectivity index (χ3n) is 5.19. The van der Waals surface area contributed by atoms with E-state index < -0.39 is 0 Å². The minimum Gasteiger partial charge on any atom is -0.446 e. The van der Waals surface area contributed by atoms with E-state index in [9.17, 15) is 9.59 Å². The topological polar surface area (TPSA) is 105 Å². The van der Waals surface area contributed by atoms with Crippen molar-refractivity contribution in [3.05, 3.63) is 34.2 Å². The standard InChI is InChI=1S/C19H28N6O3/c1-19(2,3)24(4)18(27)28-13-7-6-12(10-13)14-11-16(22-21-14)20-15-8-9-17(26)25(5)23-15/h8-9,11-13H,6-7,10H2,1-5H3,(H2,20,21,22,23)/t12-,13+/m0/s1. The molecule has 1 aliphatic carbocycles. The van der Waals surface area contributed by atoms with E-state index in [4.69, 9.17) is 4.74 Å². The van der Waals surface area contributed by atoms with Crippen molar-refractivity contribution in [2.45, 2.75) is 57.6 Å². The quantitative estimate of drug-likeness (QED) is 0.834. The van der Waals surface area contributed by atoms with Gasteiger partial charge in [0.15, 0.2) is 11.6 Å². The number of aryl methyl sites for hydroxylation is 1. The maximum Gasteiger partial charge on any atom is 0.410 e. The zero-order chi connectivity index (χ0) is 20.5. The van der Waals surface area contributed by atoms with E-state index in [1.54, 1.807) is 25.1 Å². The van der Waals surface area contributed by atoms with Gasteiger partial charge in [0.2, 0.25) is 0 Å². The number of rotatable bonds is 4. The van der Waals surface area contributed by atoms with Crippen LogP contribution < -0.4 is 10.9 Å².